The Morgan fingerprint density at radius 3 is 3.18 bits per heavy atom. The highest BCUT2D eigenvalue weighted by molar-refractivity contribution is 5.70. The van der Waals surface area contributed by atoms with E-state index >= 15 is 0 Å². The normalized spacial score (nSPS) is 27.0. The Morgan fingerprint density at radius 2 is 2.41 bits per heavy atom. The molecule has 2 aliphatic rings. The summed E-state index contributed by atoms with van der Waals surface area (Å²) in [6.07, 6.45) is 6.68. The van der Waals surface area contributed by atoms with Gasteiger partial charge < -0.3 is 4.74 Å². The van der Waals surface area contributed by atoms with Crippen molar-refractivity contribution in [1.82, 2.24) is 9.78 Å². The van der Waals surface area contributed by atoms with E-state index in [-0.39, 0.29) is 10.6 Å². The molecule has 1 saturated heterocycles. The van der Waals surface area contributed by atoms with Crippen LogP contribution in [-0.2, 0) is 11.8 Å². The molecule has 1 aliphatic heterocycles. The first kappa shape index (κ1) is 10.5. The van der Waals surface area contributed by atoms with Gasteiger partial charge in [-0.1, -0.05) is 6.08 Å². The van der Waals surface area contributed by atoms with Crippen LogP contribution in [-0.4, -0.2) is 26.9 Å². The summed E-state index contributed by atoms with van der Waals surface area (Å²) in [6, 6.07) is 0. The third-order valence-electron chi connectivity index (χ3n) is 3.40. The fraction of sp³-hybridized carbons (Fsp3) is 0.545. The van der Waals surface area contributed by atoms with Gasteiger partial charge in [-0.25, -0.2) is 0 Å². The van der Waals surface area contributed by atoms with Crippen LogP contribution in [0, 0.1) is 10.1 Å². The number of hydrogen-bond donors (Lipinski definition) is 0. The summed E-state index contributed by atoms with van der Waals surface area (Å²) >= 11 is 0. The average molecular weight is 235 g/mol. The van der Waals surface area contributed by atoms with Gasteiger partial charge in [-0.3, -0.25) is 14.8 Å². The second kappa shape index (κ2) is 3.66. The highest BCUT2D eigenvalue weighted by Gasteiger charge is 2.39. The van der Waals surface area contributed by atoms with Gasteiger partial charge in [0.1, 0.15) is 11.9 Å². The third kappa shape index (κ3) is 1.74. The number of aromatic nitrogens is 2. The Balaban J connectivity index is 1.97. The van der Waals surface area contributed by atoms with Crippen molar-refractivity contribution in [2.75, 3.05) is 0 Å². The quantitative estimate of drug-likeness (QED) is 0.444. The predicted molar refractivity (Wildman–Crippen MR) is 60.4 cm³/mol. The molecule has 2 atom stereocenters. The summed E-state index contributed by atoms with van der Waals surface area (Å²) in [5.74, 6) is 0. The molecule has 1 fully saturated rings. The van der Waals surface area contributed by atoms with Gasteiger partial charge in [0.25, 0.3) is 0 Å². The molecule has 1 aliphatic carbocycles. The van der Waals surface area contributed by atoms with E-state index in [1.807, 2.05) is 0 Å². The van der Waals surface area contributed by atoms with Gasteiger partial charge in [0.15, 0.2) is 0 Å². The molecule has 6 nitrogen and oxygen atoms in total. The van der Waals surface area contributed by atoms with Crippen LogP contribution in [0.3, 0.4) is 0 Å². The van der Waals surface area contributed by atoms with Gasteiger partial charge in [-0.2, -0.15) is 5.10 Å². The van der Waals surface area contributed by atoms with Crippen LogP contribution in [0.1, 0.15) is 25.0 Å². The molecule has 0 saturated carbocycles. The van der Waals surface area contributed by atoms with Crippen LogP contribution in [0.15, 0.2) is 12.3 Å². The minimum Gasteiger partial charge on any atom is -0.369 e. The molecule has 0 N–H and O–H groups in total. The Hall–Kier alpha value is -1.69. The Morgan fingerprint density at radius 1 is 1.59 bits per heavy atom. The van der Waals surface area contributed by atoms with Gasteiger partial charge in [-0.15, -0.1) is 0 Å². The summed E-state index contributed by atoms with van der Waals surface area (Å²) in [7, 11) is 1.74. The Bertz CT molecular complexity index is 506. The summed E-state index contributed by atoms with van der Waals surface area (Å²) < 4.78 is 7.02. The average Bonchev–Trinajstić information content (AvgIpc) is 2.95. The maximum atomic E-state index is 10.9. The molecule has 6 heteroatoms. The van der Waals surface area contributed by atoms with E-state index in [4.69, 9.17) is 4.74 Å². The van der Waals surface area contributed by atoms with E-state index in [0.29, 0.717) is 17.9 Å². The zero-order valence-electron chi connectivity index (χ0n) is 9.50. The lowest BCUT2D eigenvalue weighted by molar-refractivity contribution is -0.385. The van der Waals surface area contributed by atoms with Crippen molar-refractivity contribution in [3.05, 3.63) is 28.1 Å². The van der Waals surface area contributed by atoms with Crippen molar-refractivity contribution >= 4 is 11.3 Å². The number of nitrogens with zero attached hydrogens (tertiary/aromatic N) is 3. The molecule has 2 heterocycles. The zero-order valence-corrected chi connectivity index (χ0v) is 9.50. The maximum absolute atomic E-state index is 10.9. The van der Waals surface area contributed by atoms with Crippen LogP contribution >= 0.6 is 0 Å². The Kier molecular flexibility index (Phi) is 2.25. The second-order valence-electron chi connectivity index (χ2n) is 4.48. The van der Waals surface area contributed by atoms with Gasteiger partial charge in [0.05, 0.1) is 17.1 Å². The maximum Gasteiger partial charge on any atom is 0.314 e. The lowest BCUT2D eigenvalue weighted by Gasteiger charge is -2.05. The number of fused-ring (bicyclic) bond motifs is 1. The molecule has 0 amide bonds. The van der Waals surface area contributed by atoms with Crippen molar-refractivity contribution in [2.24, 2.45) is 7.05 Å². The van der Waals surface area contributed by atoms with E-state index in [9.17, 15) is 10.1 Å². The molecule has 0 bridgehead atoms. The van der Waals surface area contributed by atoms with Gasteiger partial charge in [-0.05, 0) is 24.8 Å². The highest BCUT2D eigenvalue weighted by atomic mass is 16.6. The topological polar surface area (TPSA) is 73.5 Å². The first-order chi connectivity index (χ1) is 8.16. The minimum absolute atomic E-state index is 0.0928. The van der Waals surface area contributed by atoms with Crippen molar-refractivity contribution in [1.29, 1.82) is 0 Å². The van der Waals surface area contributed by atoms with E-state index in [1.54, 1.807) is 11.7 Å². The molecule has 17 heavy (non-hydrogen) atoms. The van der Waals surface area contributed by atoms with Crippen LogP contribution in [0.2, 0.25) is 0 Å². The first-order valence-electron chi connectivity index (χ1n) is 5.68. The second-order valence-corrected chi connectivity index (χ2v) is 4.48. The van der Waals surface area contributed by atoms with Crippen molar-refractivity contribution in [3.8, 4) is 0 Å². The molecule has 1 aromatic rings. The monoisotopic (exact) mass is 235 g/mol. The van der Waals surface area contributed by atoms with Gasteiger partial charge >= 0.3 is 5.69 Å². The van der Waals surface area contributed by atoms with E-state index in [1.165, 1.54) is 6.20 Å². The van der Waals surface area contributed by atoms with Crippen molar-refractivity contribution < 1.29 is 9.66 Å². The highest BCUT2D eigenvalue weighted by Crippen LogP contribution is 2.39. The smallest absolute Gasteiger partial charge is 0.314 e. The lowest BCUT2D eigenvalue weighted by Crippen LogP contribution is -2.01. The third-order valence-corrected chi connectivity index (χ3v) is 3.40. The number of aryl methyl sites for hydroxylation is 1. The van der Waals surface area contributed by atoms with Crippen LogP contribution in [0.25, 0.3) is 5.57 Å². The Labute approximate surface area is 98.0 Å². The number of hydrogen-bond acceptors (Lipinski definition) is 4. The van der Waals surface area contributed by atoms with Crippen molar-refractivity contribution in [3.63, 3.8) is 0 Å². The molecular weight excluding hydrogens is 222 g/mol. The molecule has 3 rings (SSSR count). The number of nitro groups is 1. The molecule has 0 spiro atoms. The van der Waals surface area contributed by atoms with Gasteiger partial charge in [0.2, 0.25) is 0 Å². The summed E-state index contributed by atoms with van der Waals surface area (Å²) in [5.41, 5.74) is 1.75. The van der Waals surface area contributed by atoms with Crippen LogP contribution in [0.5, 0.6) is 0 Å². The standard InChI is InChI=1S/C11H13N3O3/c1-13-11(8(6-12-13)14(15)16)7-2-4-9-10(17-9)5-3-7/h2,6,9-10H,3-5H2,1H3/t9-,10-/m0/s1. The lowest BCUT2D eigenvalue weighted by atomic mass is 10.1. The fourth-order valence-corrected chi connectivity index (χ4v) is 2.45. The number of rotatable bonds is 2. The van der Waals surface area contributed by atoms with Crippen LogP contribution < -0.4 is 0 Å². The van der Waals surface area contributed by atoms with Crippen LogP contribution in [0.4, 0.5) is 5.69 Å². The molecule has 90 valence electrons. The molecule has 0 radical (unpaired) electrons. The van der Waals surface area contributed by atoms with Crippen molar-refractivity contribution in [2.45, 2.75) is 31.5 Å². The predicted octanol–water partition coefficient (Wildman–Crippen LogP) is 1.66. The molecule has 1 aromatic heterocycles. The SMILES string of the molecule is Cn1ncc([N+](=O)[O-])c1C1=CC[C@@H]2O[C@H]2CC1. The summed E-state index contributed by atoms with van der Waals surface area (Å²) in [5, 5.41) is 14.9. The molecular formula is C11H13N3O3. The number of ether oxygens (including phenoxy) is 1. The fourth-order valence-electron chi connectivity index (χ4n) is 2.45. The van der Waals surface area contributed by atoms with E-state index in [0.717, 1.165) is 24.8 Å². The van der Waals surface area contributed by atoms with E-state index in [2.05, 4.69) is 11.2 Å². The minimum atomic E-state index is -0.370. The first-order valence-corrected chi connectivity index (χ1v) is 5.68. The number of allylic oxidation sites excluding steroid dienone is 1. The van der Waals surface area contributed by atoms with Gasteiger partial charge in [0, 0.05) is 7.05 Å². The summed E-state index contributed by atoms with van der Waals surface area (Å²) in [6.45, 7) is 0. The molecule has 0 aromatic carbocycles. The largest absolute Gasteiger partial charge is 0.369 e. The van der Waals surface area contributed by atoms with E-state index < -0.39 is 0 Å². The summed E-state index contributed by atoms with van der Waals surface area (Å²) in [4.78, 5) is 10.6. The number of epoxide rings is 1. The zero-order chi connectivity index (χ0) is 12.0. The molecule has 0 unspecified atom stereocenters.